The average Bonchev–Trinajstić information content (AvgIpc) is 2.82. The minimum Gasteiger partial charge on any atom is -0.465 e. The highest BCUT2D eigenvalue weighted by Crippen LogP contribution is 2.23. The molecule has 1 aliphatic rings. The fraction of sp³-hybridized carbons (Fsp3) is 0.704. The van der Waals surface area contributed by atoms with Crippen LogP contribution in [0.1, 0.15) is 79.6 Å². The summed E-state index contributed by atoms with van der Waals surface area (Å²) < 4.78 is 39.3. The molecule has 5 N–H and O–H groups in total. The first-order valence-electron chi connectivity index (χ1n) is 13.4. The number of carbonyl (C=O) groups is 2. The molecule has 1 fully saturated rings. The number of hydrogen-bond donors (Lipinski definition) is 4. The molecule has 1 heterocycles. The molecule has 1 aliphatic heterocycles. The van der Waals surface area contributed by atoms with Gasteiger partial charge in [0.1, 0.15) is 11.0 Å². The summed E-state index contributed by atoms with van der Waals surface area (Å²) in [6.07, 6.45) is 3.73. The van der Waals surface area contributed by atoms with Gasteiger partial charge in [-0.3, -0.25) is 14.9 Å². The average molecular weight is 556 g/mol. The van der Waals surface area contributed by atoms with E-state index in [-0.39, 0.29) is 47.3 Å². The van der Waals surface area contributed by atoms with Crippen LogP contribution in [0.15, 0.2) is 29.2 Å². The number of para-hydroxylation sites is 1. The maximum Gasteiger partial charge on any atom is 0.308 e. The Kier molecular flexibility index (Phi) is 11.7. The van der Waals surface area contributed by atoms with Crippen LogP contribution in [-0.4, -0.2) is 56.0 Å². The summed E-state index contributed by atoms with van der Waals surface area (Å²) in [5.41, 5.74) is 5.01. The molecular weight excluding hydrogens is 510 g/mol. The molecule has 4 atom stereocenters. The van der Waals surface area contributed by atoms with Crippen LogP contribution >= 0.6 is 0 Å². The number of Topliss-reactive ketones (excluding diaryl/α,β-unsaturated/α-hetero) is 1. The molecule has 216 valence electrons. The van der Waals surface area contributed by atoms with Gasteiger partial charge < -0.3 is 20.3 Å². The third-order valence-corrected chi connectivity index (χ3v) is 8.16. The number of hydrogen-bond acceptors (Lipinski definition) is 9. The Bertz CT molecular complexity index is 1040. The highest BCUT2D eigenvalue weighted by molar-refractivity contribution is 7.89. The molecule has 1 aromatic rings. The lowest BCUT2D eigenvalue weighted by molar-refractivity contribution is -0.245. The van der Waals surface area contributed by atoms with Crippen LogP contribution in [0, 0.1) is 11.8 Å². The molecule has 4 unspecified atom stereocenters. The van der Waals surface area contributed by atoms with Crippen molar-refractivity contribution in [1.29, 1.82) is 0 Å². The van der Waals surface area contributed by atoms with Gasteiger partial charge in [-0.1, -0.05) is 45.2 Å². The summed E-state index contributed by atoms with van der Waals surface area (Å²) in [5, 5.41) is 14.0. The third-order valence-electron chi connectivity index (χ3n) is 6.69. The quantitative estimate of drug-likeness (QED) is 0.215. The van der Waals surface area contributed by atoms with Crippen molar-refractivity contribution in [3.8, 4) is 0 Å². The van der Waals surface area contributed by atoms with Crippen molar-refractivity contribution in [3.63, 3.8) is 0 Å². The fourth-order valence-corrected chi connectivity index (χ4v) is 5.90. The Hall–Kier alpha value is -2.05. The van der Waals surface area contributed by atoms with Crippen LogP contribution in [0.25, 0.3) is 0 Å². The van der Waals surface area contributed by atoms with Crippen molar-refractivity contribution in [2.45, 2.75) is 102 Å². The zero-order valence-corrected chi connectivity index (χ0v) is 24.1. The summed E-state index contributed by atoms with van der Waals surface area (Å²) in [6.45, 7) is 8.70. The highest BCUT2D eigenvalue weighted by Gasteiger charge is 2.36. The topological polar surface area (TPSA) is 157 Å². The van der Waals surface area contributed by atoms with E-state index in [2.05, 4.69) is 10.0 Å². The molecule has 2 rings (SSSR count). The molecule has 38 heavy (non-hydrogen) atoms. The van der Waals surface area contributed by atoms with E-state index in [0.29, 0.717) is 32.1 Å². The second kappa shape index (κ2) is 13.8. The number of nitrogens with one attached hydrogen (secondary N) is 2. The number of nitrogen functional groups attached to an aromatic ring is 1. The Balaban J connectivity index is 2.05. The molecule has 0 aliphatic carbocycles. The van der Waals surface area contributed by atoms with E-state index >= 15 is 0 Å². The molecule has 0 saturated carbocycles. The smallest absolute Gasteiger partial charge is 0.308 e. The monoisotopic (exact) mass is 555 g/mol. The van der Waals surface area contributed by atoms with Gasteiger partial charge in [-0.2, -0.15) is 0 Å². The van der Waals surface area contributed by atoms with Crippen molar-refractivity contribution in [2.24, 2.45) is 11.8 Å². The van der Waals surface area contributed by atoms with Gasteiger partial charge in [-0.25, -0.2) is 13.1 Å². The van der Waals surface area contributed by atoms with Crippen LogP contribution < -0.4 is 15.8 Å². The Morgan fingerprint density at radius 3 is 2.34 bits per heavy atom. The first-order valence-corrected chi connectivity index (χ1v) is 14.9. The number of ether oxygens (including phenoxy) is 2. The number of carbonyl (C=O) groups excluding carboxylic acids is 2. The molecule has 1 aromatic carbocycles. The van der Waals surface area contributed by atoms with E-state index in [0.717, 1.165) is 12.8 Å². The van der Waals surface area contributed by atoms with E-state index < -0.39 is 27.6 Å². The second-order valence-corrected chi connectivity index (χ2v) is 12.8. The standard InChI is InChI=1S/C27H45N3O7S/c1-19-13-11-17-36-25(32)20(2)12-7-6-8-15-22(24(19)31)37-27(5,33)30-26(3,4)18-29-38(34,35)23-16-10-9-14-21(23)28/h9-10,14,16,19-20,22,29-30,33H,6-8,11-13,15,17-18,28H2,1-5H3. The minimum atomic E-state index is -3.88. The molecule has 0 radical (unpaired) electrons. The van der Waals surface area contributed by atoms with Crippen LogP contribution in [0.3, 0.4) is 0 Å². The summed E-state index contributed by atoms with van der Waals surface area (Å²) >= 11 is 0. The molecule has 0 spiro atoms. The van der Waals surface area contributed by atoms with Crippen LogP contribution in [0.5, 0.6) is 0 Å². The normalized spacial score (nSPS) is 24.7. The van der Waals surface area contributed by atoms with Crippen LogP contribution in [-0.2, 0) is 29.1 Å². The number of ketones is 1. The number of esters is 1. The number of sulfonamides is 1. The van der Waals surface area contributed by atoms with Gasteiger partial charge in [-0.15, -0.1) is 0 Å². The van der Waals surface area contributed by atoms with Crippen molar-refractivity contribution < 1.29 is 32.6 Å². The molecule has 0 bridgehead atoms. The van der Waals surface area contributed by atoms with Crippen LogP contribution in [0.2, 0.25) is 0 Å². The lowest BCUT2D eigenvalue weighted by Crippen LogP contribution is -2.60. The zero-order valence-electron chi connectivity index (χ0n) is 23.3. The lowest BCUT2D eigenvalue weighted by Gasteiger charge is -2.38. The van der Waals surface area contributed by atoms with Gasteiger partial charge in [-0.05, 0) is 51.7 Å². The number of cyclic esters (lactones) is 1. The molecule has 1 saturated heterocycles. The Morgan fingerprint density at radius 2 is 1.66 bits per heavy atom. The summed E-state index contributed by atoms with van der Waals surface area (Å²) in [4.78, 5) is 25.3. The summed E-state index contributed by atoms with van der Waals surface area (Å²) in [6, 6.07) is 6.16. The lowest BCUT2D eigenvalue weighted by atomic mass is 9.93. The van der Waals surface area contributed by atoms with Crippen molar-refractivity contribution in [3.05, 3.63) is 24.3 Å². The molecule has 11 heteroatoms. The summed E-state index contributed by atoms with van der Waals surface area (Å²) in [5.74, 6) is -2.72. The van der Waals surface area contributed by atoms with Gasteiger partial charge in [0.15, 0.2) is 5.78 Å². The number of aliphatic hydroxyl groups is 1. The minimum absolute atomic E-state index is 0.0257. The van der Waals surface area contributed by atoms with E-state index in [1.807, 2.05) is 13.8 Å². The first-order chi connectivity index (χ1) is 17.6. The molecule has 0 amide bonds. The predicted octanol–water partition coefficient (Wildman–Crippen LogP) is 3.10. The summed E-state index contributed by atoms with van der Waals surface area (Å²) in [7, 11) is -3.88. The van der Waals surface area contributed by atoms with Gasteiger partial charge in [0, 0.05) is 24.9 Å². The molecular formula is C27H45N3O7S. The van der Waals surface area contributed by atoms with E-state index in [1.165, 1.54) is 19.1 Å². The number of nitrogens with two attached hydrogens (primary N) is 1. The van der Waals surface area contributed by atoms with E-state index in [1.54, 1.807) is 26.0 Å². The van der Waals surface area contributed by atoms with Gasteiger partial charge in [0.25, 0.3) is 0 Å². The fourth-order valence-electron chi connectivity index (χ4n) is 4.56. The maximum absolute atomic E-state index is 13.2. The Morgan fingerprint density at radius 1 is 1.03 bits per heavy atom. The van der Waals surface area contributed by atoms with Gasteiger partial charge in [0.2, 0.25) is 15.9 Å². The van der Waals surface area contributed by atoms with Crippen LogP contribution in [0.4, 0.5) is 5.69 Å². The largest absolute Gasteiger partial charge is 0.465 e. The molecule has 0 aromatic heterocycles. The maximum atomic E-state index is 13.2. The first kappa shape index (κ1) is 32.2. The van der Waals surface area contributed by atoms with Crippen molar-refractivity contribution in [1.82, 2.24) is 10.0 Å². The van der Waals surface area contributed by atoms with Crippen molar-refractivity contribution >= 4 is 27.5 Å². The van der Waals surface area contributed by atoms with Gasteiger partial charge >= 0.3 is 5.97 Å². The highest BCUT2D eigenvalue weighted by atomic mass is 32.2. The molecule has 10 nitrogen and oxygen atoms in total. The number of rotatable bonds is 8. The second-order valence-electron chi connectivity index (χ2n) is 11.1. The van der Waals surface area contributed by atoms with E-state index in [4.69, 9.17) is 15.2 Å². The van der Waals surface area contributed by atoms with Gasteiger partial charge in [0.05, 0.1) is 18.2 Å². The zero-order chi connectivity index (χ0) is 28.6. The number of benzene rings is 1. The number of anilines is 1. The van der Waals surface area contributed by atoms with Crippen molar-refractivity contribution in [2.75, 3.05) is 18.9 Å². The Labute approximate surface area is 227 Å². The third kappa shape index (κ3) is 10.3. The van der Waals surface area contributed by atoms with E-state index in [9.17, 15) is 23.1 Å². The SMILES string of the molecule is CC1CCCCCC(OC(C)(O)NC(C)(C)CNS(=O)(=O)c2ccccc2N)C(=O)C(C)CCCOC1=O. The predicted molar refractivity (Wildman–Crippen MR) is 145 cm³/mol.